The summed E-state index contributed by atoms with van der Waals surface area (Å²) in [6, 6.07) is 71.0. The zero-order chi connectivity index (χ0) is 36.6. The molecule has 3 nitrogen and oxygen atoms in total. The summed E-state index contributed by atoms with van der Waals surface area (Å²) in [6.07, 6.45) is 0. The minimum atomic E-state index is 0.778. The van der Waals surface area contributed by atoms with E-state index in [-0.39, 0.29) is 0 Å². The average molecular weight is 720 g/mol. The van der Waals surface area contributed by atoms with E-state index in [2.05, 4.69) is 199 Å². The number of benzene rings is 8. The van der Waals surface area contributed by atoms with Crippen molar-refractivity contribution >= 4 is 31.5 Å². The second kappa shape index (κ2) is 14.1. The number of aromatic nitrogens is 3. The van der Waals surface area contributed by atoms with Gasteiger partial charge in [0.25, 0.3) is 0 Å². The number of fused-ring (bicyclic) bond motifs is 3. The highest BCUT2D eigenvalue weighted by atomic mass is 32.1. The van der Waals surface area contributed by atoms with E-state index in [4.69, 9.17) is 10.2 Å². The molecule has 0 aliphatic heterocycles. The molecule has 0 radical (unpaired) electrons. The molecule has 258 valence electrons. The lowest BCUT2D eigenvalue weighted by Crippen LogP contribution is -2.04. The summed E-state index contributed by atoms with van der Waals surface area (Å²) in [5, 5.41) is 17.1. The van der Waals surface area contributed by atoms with Gasteiger partial charge >= 0.3 is 0 Å². The lowest BCUT2D eigenvalue weighted by molar-refractivity contribution is 0.879. The van der Waals surface area contributed by atoms with Crippen LogP contribution in [-0.2, 0) is 0 Å². The van der Waals surface area contributed by atoms with Crippen LogP contribution in [0, 0.1) is 0 Å². The van der Waals surface area contributed by atoms with Gasteiger partial charge in [-0.2, -0.15) is 0 Å². The quantitative estimate of drug-likeness (QED) is 0.165. The number of hydrogen-bond donors (Lipinski definition) is 0. The normalized spacial score (nSPS) is 11.3. The summed E-state index contributed by atoms with van der Waals surface area (Å²) in [5.41, 5.74) is 14.4. The van der Waals surface area contributed by atoms with Gasteiger partial charge in [-0.05, 0) is 61.9 Å². The van der Waals surface area contributed by atoms with Gasteiger partial charge in [-0.1, -0.05) is 188 Å². The van der Waals surface area contributed by atoms with Gasteiger partial charge in [0.05, 0.1) is 0 Å². The molecule has 2 aromatic heterocycles. The Balaban J connectivity index is 1.42. The summed E-state index contributed by atoms with van der Waals surface area (Å²) >= 11 is 1.84. The highest BCUT2D eigenvalue weighted by Gasteiger charge is 2.28. The second-order valence-corrected chi connectivity index (χ2v) is 14.6. The molecule has 0 spiro atoms. The fourth-order valence-electron chi connectivity index (χ4n) is 7.95. The van der Waals surface area contributed by atoms with Crippen molar-refractivity contribution < 1.29 is 0 Å². The average Bonchev–Trinajstić information content (AvgIpc) is 3.66. The van der Waals surface area contributed by atoms with Crippen molar-refractivity contribution in [3.63, 3.8) is 0 Å². The molecule has 0 saturated heterocycles. The molecule has 0 bridgehead atoms. The summed E-state index contributed by atoms with van der Waals surface area (Å²) in [6.45, 7) is 0. The first kappa shape index (κ1) is 32.6. The summed E-state index contributed by atoms with van der Waals surface area (Å²) in [7, 11) is 0. The van der Waals surface area contributed by atoms with Crippen molar-refractivity contribution in [3.8, 4) is 78.1 Å². The van der Waals surface area contributed by atoms with Crippen molar-refractivity contribution in [1.82, 2.24) is 15.4 Å². The Labute approximate surface area is 323 Å². The first-order chi connectivity index (χ1) is 27.3. The lowest BCUT2D eigenvalue weighted by Gasteiger charge is -2.23. The van der Waals surface area contributed by atoms with E-state index in [1.165, 1.54) is 20.2 Å². The fourth-order valence-corrected chi connectivity index (χ4v) is 9.08. The molecular weight excluding hydrogens is 687 g/mol. The van der Waals surface area contributed by atoms with Crippen LogP contribution < -0.4 is 0 Å². The second-order valence-electron chi connectivity index (χ2n) is 13.6. The third-order valence-corrected chi connectivity index (χ3v) is 11.5. The minimum Gasteiger partial charge on any atom is -0.135 e. The Morgan fingerprint density at radius 3 is 1.42 bits per heavy atom. The summed E-state index contributed by atoms with van der Waals surface area (Å²) in [5.74, 6) is 0. The standard InChI is InChI=1S/C51H33N3S/c1-5-18-34(19-6-1)38-26-13-14-27-41(38)49-50(37-24-11-4-12-25-37)52-54-53-51(49)48-40(36-22-9-3-10-23-36)33-32-39(35-20-7-2-8-21-35)47(48)43-29-17-31-45-46(43)42-28-15-16-30-44(42)55-45/h1-33H. The Morgan fingerprint density at radius 1 is 0.291 bits per heavy atom. The molecule has 0 aliphatic rings. The van der Waals surface area contributed by atoms with Gasteiger partial charge < -0.3 is 0 Å². The highest BCUT2D eigenvalue weighted by molar-refractivity contribution is 7.25. The number of rotatable bonds is 7. The number of thiophene rings is 1. The van der Waals surface area contributed by atoms with E-state index in [0.29, 0.717) is 0 Å². The minimum absolute atomic E-state index is 0.778. The Bertz CT molecular complexity index is 2960. The molecule has 0 amide bonds. The van der Waals surface area contributed by atoms with Gasteiger partial charge in [-0.25, -0.2) is 0 Å². The number of hydrogen-bond acceptors (Lipinski definition) is 4. The van der Waals surface area contributed by atoms with Crippen molar-refractivity contribution in [2.24, 2.45) is 0 Å². The zero-order valence-corrected chi connectivity index (χ0v) is 30.6. The topological polar surface area (TPSA) is 38.7 Å². The Morgan fingerprint density at radius 2 is 0.764 bits per heavy atom. The molecule has 10 rings (SSSR count). The summed E-state index contributed by atoms with van der Waals surface area (Å²) in [4.78, 5) is 0. The van der Waals surface area contributed by atoms with E-state index in [9.17, 15) is 0 Å². The smallest absolute Gasteiger partial charge is 0.106 e. The van der Waals surface area contributed by atoms with Crippen LogP contribution in [-0.4, -0.2) is 15.4 Å². The van der Waals surface area contributed by atoms with Crippen molar-refractivity contribution in [2.45, 2.75) is 0 Å². The van der Waals surface area contributed by atoms with Gasteiger partial charge in [0.2, 0.25) is 0 Å². The van der Waals surface area contributed by atoms with Gasteiger partial charge in [0.1, 0.15) is 11.4 Å². The van der Waals surface area contributed by atoms with E-state index in [1.807, 2.05) is 17.4 Å². The molecule has 10 aromatic rings. The first-order valence-corrected chi connectivity index (χ1v) is 19.3. The van der Waals surface area contributed by atoms with E-state index >= 15 is 0 Å². The van der Waals surface area contributed by atoms with Crippen LogP contribution in [0.25, 0.3) is 98.3 Å². The summed E-state index contributed by atoms with van der Waals surface area (Å²) < 4.78 is 2.51. The van der Waals surface area contributed by atoms with Crippen LogP contribution in [0.4, 0.5) is 0 Å². The lowest BCUT2D eigenvalue weighted by atomic mass is 9.80. The maximum atomic E-state index is 5.12. The molecule has 0 unspecified atom stereocenters. The third-order valence-electron chi connectivity index (χ3n) is 10.4. The molecule has 0 atom stereocenters. The molecular formula is C51H33N3S. The Kier molecular flexibility index (Phi) is 8.36. The monoisotopic (exact) mass is 719 g/mol. The van der Waals surface area contributed by atoms with Crippen LogP contribution in [0.5, 0.6) is 0 Å². The maximum Gasteiger partial charge on any atom is 0.106 e. The molecule has 2 heterocycles. The van der Waals surface area contributed by atoms with Crippen molar-refractivity contribution in [3.05, 3.63) is 200 Å². The molecule has 4 heteroatoms. The molecule has 0 fully saturated rings. The maximum absolute atomic E-state index is 5.12. The third kappa shape index (κ3) is 5.81. The van der Waals surface area contributed by atoms with Crippen molar-refractivity contribution in [2.75, 3.05) is 0 Å². The fraction of sp³-hybridized carbons (Fsp3) is 0. The van der Waals surface area contributed by atoms with E-state index in [1.54, 1.807) is 0 Å². The molecule has 0 aliphatic carbocycles. The van der Waals surface area contributed by atoms with Gasteiger partial charge in [0, 0.05) is 42.4 Å². The van der Waals surface area contributed by atoms with Crippen LogP contribution in [0.2, 0.25) is 0 Å². The predicted octanol–water partition coefficient (Wildman–Crippen LogP) is 13.9. The largest absolute Gasteiger partial charge is 0.135 e. The molecule has 8 aromatic carbocycles. The number of nitrogens with zero attached hydrogens (tertiary/aromatic N) is 3. The molecule has 0 saturated carbocycles. The van der Waals surface area contributed by atoms with Gasteiger partial charge in [0.15, 0.2) is 0 Å². The highest BCUT2D eigenvalue weighted by Crippen LogP contribution is 2.52. The van der Waals surface area contributed by atoms with Gasteiger partial charge in [-0.15, -0.1) is 21.5 Å². The van der Waals surface area contributed by atoms with Crippen LogP contribution in [0.1, 0.15) is 0 Å². The Hall–Kier alpha value is -7.01. The van der Waals surface area contributed by atoms with Crippen LogP contribution in [0.15, 0.2) is 200 Å². The molecule has 55 heavy (non-hydrogen) atoms. The zero-order valence-electron chi connectivity index (χ0n) is 29.8. The molecule has 0 N–H and O–H groups in total. The predicted molar refractivity (Wildman–Crippen MR) is 231 cm³/mol. The van der Waals surface area contributed by atoms with E-state index in [0.717, 1.165) is 78.1 Å². The van der Waals surface area contributed by atoms with Crippen LogP contribution >= 0.6 is 11.3 Å². The van der Waals surface area contributed by atoms with Crippen LogP contribution in [0.3, 0.4) is 0 Å². The van der Waals surface area contributed by atoms with Crippen molar-refractivity contribution in [1.29, 1.82) is 0 Å². The van der Waals surface area contributed by atoms with Gasteiger partial charge in [-0.3, -0.25) is 0 Å². The van der Waals surface area contributed by atoms with E-state index < -0.39 is 0 Å². The SMILES string of the molecule is c1ccc(-c2ccccc2-c2c(-c3ccccc3)nnnc2-c2c(-c3ccccc3)ccc(-c3ccccc3)c2-c2cccc3sc4ccccc4c23)cc1. The first-order valence-electron chi connectivity index (χ1n) is 18.5.